The molecule has 1 fully saturated rings. The van der Waals surface area contributed by atoms with E-state index in [0.717, 1.165) is 46.2 Å². The largest absolute Gasteiger partial charge is 0.497 e. The molecule has 0 saturated heterocycles. The van der Waals surface area contributed by atoms with Crippen LogP contribution in [0.15, 0.2) is 42.5 Å². The molecule has 0 unspecified atom stereocenters. The quantitative estimate of drug-likeness (QED) is 0.651. The van der Waals surface area contributed by atoms with Gasteiger partial charge in [0.25, 0.3) is 0 Å². The molecular formula is C21H20N4O2. The lowest BCUT2D eigenvalue weighted by atomic mass is 10.0. The number of nitrogens with two attached hydrogens (primary N) is 1. The summed E-state index contributed by atoms with van der Waals surface area (Å²) < 4.78 is 5.31. The summed E-state index contributed by atoms with van der Waals surface area (Å²) in [4.78, 5) is 15.1. The smallest absolute Gasteiger partial charge is 0.240 e. The van der Waals surface area contributed by atoms with Crippen LogP contribution in [0, 0.1) is 11.3 Å². The fraction of sp³-hybridized carbons (Fsp3) is 0.238. The van der Waals surface area contributed by atoms with Crippen molar-refractivity contribution in [3.8, 4) is 22.9 Å². The molecule has 0 radical (unpaired) electrons. The molecule has 1 aromatic heterocycles. The van der Waals surface area contributed by atoms with Gasteiger partial charge >= 0.3 is 0 Å². The molecule has 1 heterocycles. The van der Waals surface area contributed by atoms with Crippen molar-refractivity contribution in [3.05, 3.63) is 53.7 Å². The second kappa shape index (κ2) is 6.45. The maximum absolute atomic E-state index is 12.0. The molecular weight excluding hydrogens is 340 g/mol. The Kier molecular flexibility index (Phi) is 4.09. The SMILES string of the molecule is COc1ccc2[nH]c(C#N)c(-c3ccc(CNC(=O)C4(N)CC4)cc3)c2c1. The number of carbonyl (C=O) groups is 1. The third-order valence-electron chi connectivity index (χ3n) is 5.05. The lowest BCUT2D eigenvalue weighted by Crippen LogP contribution is -2.42. The number of hydrogen-bond donors (Lipinski definition) is 3. The van der Waals surface area contributed by atoms with Crippen LogP contribution in [0.2, 0.25) is 0 Å². The van der Waals surface area contributed by atoms with Crippen molar-refractivity contribution in [1.29, 1.82) is 5.26 Å². The fourth-order valence-electron chi connectivity index (χ4n) is 3.19. The summed E-state index contributed by atoms with van der Waals surface area (Å²) in [6.45, 7) is 0.435. The number of fused-ring (bicyclic) bond motifs is 1. The molecule has 6 nitrogen and oxygen atoms in total. The van der Waals surface area contributed by atoms with E-state index in [1.54, 1.807) is 7.11 Å². The Labute approximate surface area is 156 Å². The minimum Gasteiger partial charge on any atom is -0.497 e. The average molecular weight is 360 g/mol. The number of amides is 1. The van der Waals surface area contributed by atoms with E-state index in [-0.39, 0.29) is 5.91 Å². The molecule has 0 aliphatic heterocycles. The van der Waals surface area contributed by atoms with Crippen LogP contribution >= 0.6 is 0 Å². The van der Waals surface area contributed by atoms with Crippen molar-refractivity contribution in [2.45, 2.75) is 24.9 Å². The van der Waals surface area contributed by atoms with E-state index in [1.807, 2.05) is 42.5 Å². The summed E-state index contributed by atoms with van der Waals surface area (Å²) in [5, 5.41) is 13.3. The third-order valence-corrected chi connectivity index (χ3v) is 5.05. The van der Waals surface area contributed by atoms with Crippen molar-refractivity contribution in [2.75, 3.05) is 7.11 Å². The first-order valence-corrected chi connectivity index (χ1v) is 8.80. The fourth-order valence-corrected chi connectivity index (χ4v) is 3.19. The van der Waals surface area contributed by atoms with Crippen molar-refractivity contribution in [1.82, 2.24) is 10.3 Å². The zero-order valence-electron chi connectivity index (χ0n) is 15.0. The van der Waals surface area contributed by atoms with Crippen LogP contribution in [0.5, 0.6) is 5.75 Å². The maximum atomic E-state index is 12.0. The van der Waals surface area contributed by atoms with E-state index in [4.69, 9.17) is 10.5 Å². The van der Waals surface area contributed by atoms with Crippen LogP contribution in [0.25, 0.3) is 22.0 Å². The summed E-state index contributed by atoms with van der Waals surface area (Å²) in [6.07, 6.45) is 1.50. The van der Waals surface area contributed by atoms with Gasteiger partial charge in [-0.15, -0.1) is 0 Å². The van der Waals surface area contributed by atoms with Gasteiger partial charge in [-0.05, 0) is 42.2 Å². The number of hydrogen-bond acceptors (Lipinski definition) is 4. The summed E-state index contributed by atoms with van der Waals surface area (Å²) >= 11 is 0. The Morgan fingerprint density at radius 3 is 2.67 bits per heavy atom. The number of methoxy groups -OCH3 is 1. The highest BCUT2D eigenvalue weighted by Gasteiger charge is 2.45. The second-order valence-electron chi connectivity index (χ2n) is 6.93. The van der Waals surface area contributed by atoms with Gasteiger partial charge in [0, 0.05) is 23.0 Å². The number of nitrogens with zero attached hydrogens (tertiary/aromatic N) is 1. The Morgan fingerprint density at radius 2 is 2.04 bits per heavy atom. The third kappa shape index (κ3) is 3.14. The van der Waals surface area contributed by atoms with Crippen molar-refractivity contribution in [3.63, 3.8) is 0 Å². The number of ether oxygens (including phenoxy) is 1. The van der Waals surface area contributed by atoms with Gasteiger partial charge in [-0.2, -0.15) is 5.26 Å². The van der Waals surface area contributed by atoms with E-state index in [9.17, 15) is 10.1 Å². The molecule has 0 atom stereocenters. The van der Waals surface area contributed by atoms with Gasteiger partial charge in [-0.3, -0.25) is 4.79 Å². The number of benzene rings is 2. The summed E-state index contributed by atoms with van der Waals surface area (Å²) in [7, 11) is 1.62. The van der Waals surface area contributed by atoms with E-state index in [1.165, 1.54) is 0 Å². The van der Waals surface area contributed by atoms with Crippen LogP contribution in [0.1, 0.15) is 24.1 Å². The van der Waals surface area contributed by atoms with Crippen LogP contribution < -0.4 is 15.8 Å². The Hall–Kier alpha value is -3.30. The van der Waals surface area contributed by atoms with Gasteiger partial charge in [0.05, 0.1) is 12.6 Å². The monoisotopic (exact) mass is 360 g/mol. The molecule has 1 amide bonds. The minimum atomic E-state index is -0.662. The van der Waals surface area contributed by atoms with Crippen molar-refractivity contribution >= 4 is 16.8 Å². The number of nitrogens with one attached hydrogen (secondary N) is 2. The average Bonchev–Trinajstić information content (AvgIpc) is 3.35. The Balaban J connectivity index is 1.61. The topological polar surface area (TPSA) is 104 Å². The lowest BCUT2D eigenvalue weighted by Gasteiger charge is -2.10. The molecule has 2 aromatic carbocycles. The molecule has 4 rings (SSSR count). The maximum Gasteiger partial charge on any atom is 0.240 e. The highest BCUT2D eigenvalue weighted by Crippen LogP contribution is 2.35. The number of aromatic nitrogens is 1. The zero-order chi connectivity index (χ0) is 19.0. The summed E-state index contributed by atoms with van der Waals surface area (Å²) in [6, 6.07) is 15.7. The molecule has 0 bridgehead atoms. The molecule has 1 aliphatic rings. The van der Waals surface area contributed by atoms with Crippen LogP contribution in [0.4, 0.5) is 0 Å². The van der Waals surface area contributed by atoms with E-state index >= 15 is 0 Å². The van der Waals surface area contributed by atoms with E-state index in [2.05, 4.69) is 16.4 Å². The molecule has 6 heteroatoms. The first-order chi connectivity index (χ1) is 13.0. The van der Waals surface area contributed by atoms with Crippen molar-refractivity contribution < 1.29 is 9.53 Å². The predicted octanol–water partition coefficient (Wildman–Crippen LogP) is 2.82. The van der Waals surface area contributed by atoms with Crippen LogP contribution in [-0.4, -0.2) is 23.5 Å². The Bertz CT molecular complexity index is 1060. The van der Waals surface area contributed by atoms with E-state index in [0.29, 0.717) is 12.2 Å². The van der Waals surface area contributed by atoms with Gasteiger partial charge in [0.15, 0.2) is 0 Å². The van der Waals surface area contributed by atoms with Gasteiger partial charge < -0.3 is 20.8 Å². The number of rotatable bonds is 5. The van der Waals surface area contributed by atoms with Gasteiger partial charge in [0.1, 0.15) is 17.5 Å². The molecule has 136 valence electrons. The molecule has 3 aromatic rings. The zero-order valence-corrected chi connectivity index (χ0v) is 15.0. The summed E-state index contributed by atoms with van der Waals surface area (Å²) in [5.74, 6) is 0.643. The standard InChI is InChI=1S/C21H20N4O2/c1-27-15-6-7-17-16(10-15)19(18(11-22)25-17)14-4-2-13(3-5-14)12-24-20(26)21(23)8-9-21/h2-7,10,25H,8-9,12,23H2,1H3,(H,24,26). The molecule has 4 N–H and O–H groups in total. The first kappa shape index (κ1) is 17.1. The lowest BCUT2D eigenvalue weighted by molar-refractivity contribution is -0.123. The van der Waals surface area contributed by atoms with Crippen molar-refractivity contribution in [2.24, 2.45) is 5.73 Å². The molecule has 0 spiro atoms. The first-order valence-electron chi connectivity index (χ1n) is 8.80. The van der Waals surface area contributed by atoms with E-state index < -0.39 is 5.54 Å². The van der Waals surface area contributed by atoms with Gasteiger partial charge in [0.2, 0.25) is 5.91 Å². The predicted molar refractivity (Wildman–Crippen MR) is 103 cm³/mol. The number of carbonyl (C=O) groups excluding carboxylic acids is 1. The number of H-pyrrole nitrogens is 1. The summed E-state index contributed by atoms with van der Waals surface area (Å²) in [5.41, 5.74) is 9.39. The second-order valence-corrected chi connectivity index (χ2v) is 6.93. The van der Waals surface area contributed by atoms with Gasteiger partial charge in [-0.1, -0.05) is 24.3 Å². The highest BCUT2D eigenvalue weighted by molar-refractivity contribution is 5.99. The minimum absolute atomic E-state index is 0.0953. The highest BCUT2D eigenvalue weighted by atomic mass is 16.5. The Morgan fingerprint density at radius 1 is 1.30 bits per heavy atom. The van der Waals surface area contributed by atoms with Crippen LogP contribution in [-0.2, 0) is 11.3 Å². The molecule has 27 heavy (non-hydrogen) atoms. The molecule has 1 saturated carbocycles. The normalized spacial score (nSPS) is 14.6. The number of nitriles is 1. The van der Waals surface area contributed by atoms with Crippen LogP contribution in [0.3, 0.4) is 0 Å². The van der Waals surface area contributed by atoms with Gasteiger partial charge in [-0.25, -0.2) is 0 Å². The number of aromatic amines is 1. The molecule has 1 aliphatic carbocycles.